The number of hydrogen-bond acceptors (Lipinski definition) is 7. The van der Waals surface area contributed by atoms with Crippen LogP contribution in [0.3, 0.4) is 0 Å². The maximum atomic E-state index is 11.6. The molecule has 0 saturated carbocycles. The van der Waals surface area contributed by atoms with Gasteiger partial charge in [0.05, 0.1) is 5.60 Å². The second-order valence-corrected chi connectivity index (χ2v) is 5.62. The van der Waals surface area contributed by atoms with Crippen molar-refractivity contribution in [2.45, 2.75) is 64.0 Å². The molecule has 7 heteroatoms. The quantitative estimate of drug-likeness (QED) is 0.694. The van der Waals surface area contributed by atoms with Gasteiger partial charge in [-0.1, -0.05) is 0 Å². The van der Waals surface area contributed by atoms with E-state index in [1.807, 2.05) is 20.8 Å². The van der Waals surface area contributed by atoms with Gasteiger partial charge in [0.15, 0.2) is 12.4 Å². The van der Waals surface area contributed by atoms with Crippen molar-refractivity contribution in [1.29, 1.82) is 0 Å². The number of hydrogen-bond donors (Lipinski definition) is 1. The molecule has 2 fully saturated rings. The van der Waals surface area contributed by atoms with Crippen molar-refractivity contribution in [3.8, 4) is 0 Å². The Balaban J connectivity index is 2.13. The monoisotopic (exact) mass is 274 g/mol. The summed E-state index contributed by atoms with van der Waals surface area (Å²) >= 11 is 0. The van der Waals surface area contributed by atoms with E-state index < -0.39 is 48.2 Å². The van der Waals surface area contributed by atoms with Crippen LogP contribution in [0.5, 0.6) is 0 Å². The summed E-state index contributed by atoms with van der Waals surface area (Å²) in [6.45, 7) is 6.63. The number of aliphatic hydroxyl groups is 1. The Morgan fingerprint density at radius 2 is 1.95 bits per heavy atom. The summed E-state index contributed by atoms with van der Waals surface area (Å²) in [4.78, 5) is 22.6. The number of carbonyl (C=O) groups excluding carboxylic acids is 2. The SMILES string of the molecule is CC(=O)OC1C(=O)OC2C(OC(C)(C)C)C(O)OC12. The third kappa shape index (κ3) is 2.88. The van der Waals surface area contributed by atoms with Gasteiger partial charge in [0.1, 0.15) is 12.2 Å². The van der Waals surface area contributed by atoms with Crippen LogP contribution in [-0.4, -0.2) is 53.4 Å². The Kier molecular flexibility index (Phi) is 3.55. The largest absolute Gasteiger partial charge is 0.454 e. The average molecular weight is 274 g/mol. The topological polar surface area (TPSA) is 91.3 Å². The highest BCUT2D eigenvalue weighted by Crippen LogP contribution is 2.36. The Morgan fingerprint density at radius 3 is 2.47 bits per heavy atom. The van der Waals surface area contributed by atoms with Gasteiger partial charge in [-0.15, -0.1) is 0 Å². The molecule has 2 saturated heterocycles. The molecule has 2 aliphatic heterocycles. The zero-order chi connectivity index (χ0) is 14.4. The van der Waals surface area contributed by atoms with E-state index in [9.17, 15) is 14.7 Å². The molecule has 0 bridgehead atoms. The molecule has 0 radical (unpaired) electrons. The maximum absolute atomic E-state index is 11.6. The van der Waals surface area contributed by atoms with Crippen molar-refractivity contribution in [3.63, 3.8) is 0 Å². The van der Waals surface area contributed by atoms with Crippen LogP contribution in [0.25, 0.3) is 0 Å². The van der Waals surface area contributed by atoms with E-state index in [2.05, 4.69) is 0 Å². The van der Waals surface area contributed by atoms with Crippen LogP contribution in [0.15, 0.2) is 0 Å². The summed E-state index contributed by atoms with van der Waals surface area (Å²) in [5, 5.41) is 9.82. The predicted molar refractivity (Wildman–Crippen MR) is 60.9 cm³/mol. The predicted octanol–water partition coefficient (Wildman–Crippen LogP) is -0.256. The fourth-order valence-corrected chi connectivity index (χ4v) is 2.21. The van der Waals surface area contributed by atoms with Crippen LogP contribution >= 0.6 is 0 Å². The van der Waals surface area contributed by atoms with Crippen LogP contribution in [-0.2, 0) is 28.5 Å². The Morgan fingerprint density at radius 1 is 1.32 bits per heavy atom. The highest BCUT2D eigenvalue weighted by Gasteiger charge is 2.59. The van der Waals surface area contributed by atoms with Gasteiger partial charge in [-0.3, -0.25) is 4.79 Å². The summed E-state index contributed by atoms with van der Waals surface area (Å²) in [6.07, 6.45) is -4.77. The van der Waals surface area contributed by atoms with Crippen LogP contribution < -0.4 is 0 Å². The lowest BCUT2D eigenvalue weighted by Gasteiger charge is -2.27. The van der Waals surface area contributed by atoms with Crippen molar-refractivity contribution >= 4 is 11.9 Å². The first-order chi connectivity index (χ1) is 8.69. The molecule has 0 aromatic carbocycles. The molecule has 19 heavy (non-hydrogen) atoms. The van der Waals surface area contributed by atoms with Gasteiger partial charge in [0.2, 0.25) is 6.10 Å². The second kappa shape index (κ2) is 4.73. The first kappa shape index (κ1) is 14.2. The van der Waals surface area contributed by atoms with E-state index >= 15 is 0 Å². The number of rotatable bonds is 2. The first-order valence-electron chi connectivity index (χ1n) is 6.08. The minimum Gasteiger partial charge on any atom is -0.454 e. The zero-order valence-corrected chi connectivity index (χ0v) is 11.3. The number of aliphatic hydroxyl groups excluding tert-OH is 1. The van der Waals surface area contributed by atoms with Gasteiger partial charge < -0.3 is 24.1 Å². The summed E-state index contributed by atoms with van der Waals surface area (Å²) in [5.41, 5.74) is -0.532. The molecule has 7 nitrogen and oxygen atoms in total. The van der Waals surface area contributed by atoms with E-state index in [-0.39, 0.29) is 0 Å². The van der Waals surface area contributed by atoms with Crippen molar-refractivity contribution in [1.82, 2.24) is 0 Å². The molecule has 2 heterocycles. The van der Waals surface area contributed by atoms with Gasteiger partial charge in [-0.2, -0.15) is 0 Å². The fourth-order valence-electron chi connectivity index (χ4n) is 2.21. The van der Waals surface area contributed by atoms with E-state index in [4.69, 9.17) is 18.9 Å². The van der Waals surface area contributed by atoms with Gasteiger partial charge in [0.25, 0.3) is 0 Å². The normalized spacial score (nSPS) is 37.9. The summed E-state index contributed by atoms with van der Waals surface area (Å²) in [6, 6.07) is 0. The number of fused-ring (bicyclic) bond motifs is 1. The molecule has 1 N–H and O–H groups in total. The summed E-state index contributed by atoms with van der Waals surface area (Å²) in [7, 11) is 0. The molecule has 0 aliphatic carbocycles. The molecule has 2 aliphatic rings. The van der Waals surface area contributed by atoms with Gasteiger partial charge in [0, 0.05) is 6.92 Å². The molecule has 5 atom stereocenters. The van der Waals surface area contributed by atoms with E-state index in [1.54, 1.807) is 0 Å². The van der Waals surface area contributed by atoms with Crippen molar-refractivity contribution in [3.05, 3.63) is 0 Å². The molecular weight excluding hydrogens is 256 g/mol. The zero-order valence-electron chi connectivity index (χ0n) is 11.3. The van der Waals surface area contributed by atoms with Crippen molar-refractivity contribution < 1.29 is 33.6 Å². The molecule has 0 aromatic rings. The van der Waals surface area contributed by atoms with Crippen LogP contribution in [0.2, 0.25) is 0 Å². The molecule has 5 unspecified atom stereocenters. The maximum Gasteiger partial charge on any atom is 0.350 e. The van der Waals surface area contributed by atoms with Crippen molar-refractivity contribution in [2.75, 3.05) is 0 Å². The third-order valence-electron chi connectivity index (χ3n) is 2.79. The molecule has 0 aromatic heterocycles. The Labute approximate surface area is 110 Å². The Hall–Kier alpha value is -1.18. The minimum atomic E-state index is -1.22. The van der Waals surface area contributed by atoms with Gasteiger partial charge in [-0.25, -0.2) is 4.79 Å². The lowest BCUT2D eigenvalue weighted by Crippen LogP contribution is -2.40. The smallest absolute Gasteiger partial charge is 0.350 e. The molecule has 108 valence electrons. The average Bonchev–Trinajstić information content (AvgIpc) is 2.66. The number of carbonyl (C=O) groups is 2. The molecule has 0 amide bonds. The lowest BCUT2D eigenvalue weighted by molar-refractivity contribution is -0.198. The Bertz CT molecular complexity index is 386. The van der Waals surface area contributed by atoms with E-state index in [1.165, 1.54) is 6.92 Å². The van der Waals surface area contributed by atoms with E-state index in [0.29, 0.717) is 0 Å². The highest BCUT2D eigenvalue weighted by atomic mass is 16.7. The molecular formula is C12H18O7. The number of esters is 2. The standard InChI is InChI=1S/C12H18O7/c1-5(13)16-8-6-7(18-10(8)14)9(11(15)17-6)19-12(2,3)4/h6-9,11,15H,1-4H3. The van der Waals surface area contributed by atoms with Crippen LogP contribution in [0.4, 0.5) is 0 Å². The fraction of sp³-hybridized carbons (Fsp3) is 0.833. The highest BCUT2D eigenvalue weighted by molar-refractivity contribution is 5.81. The summed E-state index contributed by atoms with van der Waals surface area (Å²) in [5.74, 6) is -1.29. The lowest BCUT2D eigenvalue weighted by atomic mass is 10.1. The molecule has 2 rings (SSSR count). The molecule has 0 spiro atoms. The third-order valence-corrected chi connectivity index (χ3v) is 2.79. The van der Waals surface area contributed by atoms with Crippen LogP contribution in [0, 0.1) is 0 Å². The van der Waals surface area contributed by atoms with Gasteiger partial charge >= 0.3 is 11.9 Å². The second-order valence-electron chi connectivity index (χ2n) is 5.62. The van der Waals surface area contributed by atoms with Gasteiger partial charge in [-0.05, 0) is 20.8 Å². The minimum absolute atomic E-state index is 0.532. The van der Waals surface area contributed by atoms with Crippen molar-refractivity contribution in [2.24, 2.45) is 0 Å². The van der Waals surface area contributed by atoms with Crippen LogP contribution in [0.1, 0.15) is 27.7 Å². The number of ether oxygens (including phenoxy) is 4. The van der Waals surface area contributed by atoms with E-state index in [0.717, 1.165) is 0 Å². The summed E-state index contributed by atoms with van der Waals surface area (Å²) < 4.78 is 20.8. The first-order valence-corrected chi connectivity index (χ1v) is 6.08.